The molecule has 2 N–H and O–H groups in total. The molecule has 0 radical (unpaired) electrons. The van der Waals surface area contributed by atoms with Crippen molar-refractivity contribution in [2.75, 3.05) is 13.1 Å². The highest BCUT2D eigenvalue weighted by Crippen LogP contribution is 2.07. The molecule has 0 unspecified atom stereocenters. The second-order valence-corrected chi connectivity index (χ2v) is 4.84. The van der Waals surface area contributed by atoms with Crippen LogP contribution in [0.25, 0.3) is 0 Å². The van der Waals surface area contributed by atoms with E-state index in [0.717, 1.165) is 26.1 Å². The monoisotopic (exact) mass is 431 g/mol. The first kappa shape index (κ1) is 19.4. The zero-order chi connectivity index (χ0) is 15.6. The number of guanidine groups is 1. The smallest absolute Gasteiger partial charge is 0.191 e. The van der Waals surface area contributed by atoms with Crippen LogP contribution in [0.3, 0.4) is 0 Å². The Morgan fingerprint density at radius 3 is 2.78 bits per heavy atom. The first-order chi connectivity index (χ1) is 10.8. The van der Waals surface area contributed by atoms with Gasteiger partial charge < -0.3 is 10.6 Å². The Bertz CT molecular complexity index is 586. The third-order valence-electron chi connectivity index (χ3n) is 3.13. The van der Waals surface area contributed by atoms with Gasteiger partial charge in [-0.1, -0.05) is 18.2 Å². The number of hydrogen-bond donors (Lipinski definition) is 2. The summed E-state index contributed by atoms with van der Waals surface area (Å²) in [5.41, 5.74) is 0.594. The van der Waals surface area contributed by atoms with Gasteiger partial charge in [0.25, 0.3) is 0 Å². The van der Waals surface area contributed by atoms with Crippen LogP contribution in [-0.2, 0) is 13.1 Å². The molecule has 0 aliphatic heterocycles. The highest BCUT2D eigenvalue weighted by Gasteiger charge is 2.01. The minimum absolute atomic E-state index is 0. The molecule has 1 aromatic heterocycles. The standard InChI is InChI=1S/C16H22FN5.HI/c1-2-18-16(19-9-5-11-22-12-6-10-21-22)20-13-14-7-3-4-8-15(14)17;/h3-4,6-8,10,12H,2,5,9,11,13H2,1H3,(H2,18,19,20);1H. The van der Waals surface area contributed by atoms with Crippen LogP contribution in [0.5, 0.6) is 0 Å². The van der Waals surface area contributed by atoms with E-state index >= 15 is 0 Å². The van der Waals surface area contributed by atoms with Crippen molar-refractivity contribution in [3.05, 3.63) is 54.1 Å². The molecule has 0 amide bonds. The van der Waals surface area contributed by atoms with Gasteiger partial charge in [0.2, 0.25) is 0 Å². The molecule has 2 rings (SSSR count). The number of aliphatic imine (C=N–C) groups is 1. The van der Waals surface area contributed by atoms with E-state index in [1.54, 1.807) is 18.3 Å². The molecule has 2 aromatic rings. The molecule has 0 saturated heterocycles. The quantitative estimate of drug-likeness (QED) is 0.307. The molecule has 5 nitrogen and oxygen atoms in total. The van der Waals surface area contributed by atoms with Crippen molar-refractivity contribution < 1.29 is 4.39 Å². The SMILES string of the molecule is CCNC(=NCc1ccccc1F)NCCCn1cccn1.I. The Hall–Kier alpha value is -1.64. The predicted octanol–water partition coefficient (Wildman–Crippen LogP) is 2.79. The molecule has 1 aromatic carbocycles. The summed E-state index contributed by atoms with van der Waals surface area (Å²) < 4.78 is 15.5. The number of nitrogens with zero attached hydrogens (tertiary/aromatic N) is 3. The third kappa shape index (κ3) is 6.98. The van der Waals surface area contributed by atoms with Crippen molar-refractivity contribution in [3.8, 4) is 0 Å². The summed E-state index contributed by atoms with van der Waals surface area (Å²) in [6.45, 7) is 4.73. The van der Waals surface area contributed by atoms with Gasteiger partial charge in [-0.05, 0) is 25.5 Å². The maximum atomic E-state index is 13.6. The van der Waals surface area contributed by atoms with Crippen LogP contribution in [0, 0.1) is 5.82 Å². The van der Waals surface area contributed by atoms with Crippen LogP contribution in [0.4, 0.5) is 4.39 Å². The van der Waals surface area contributed by atoms with Crippen LogP contribution in [0.1, 0.15) is 18.9 Å². The Morgan fingerprint density at radius 1 is 1.26 bits per heavy atom. The summed E-state index contributed by atoms with van der Waals surface area (Å²) in [6.07, 6.45) is 4.65. The van der Waals surface area contributed by atoms with E-state index in [9.17, 15) is 4.39 Å². The van der Waals surface area contributed by atoms with Crippen LogP contribution in [0.15, 0.2) is 47.7 Å². The average Bonchev–Trinajstić information content (AvgIpc) is 3.03. The van der Waals surface area contributed by atoms with E-state index < -0.39 is 0 Å². The zero-order valence-electron chi connectivity index (χ0n) is 13.2. The van der Waals surface area contributed by atoms with Crippen molar-refractivity contribution in [3.63, 3.8) is 0 Å². The van der Waals surface area contributed by atoms with Gasteiger partial charge in [-0.3, -0.25) is 4.68 Å². The minimum Gasteiger partial charge on any atom is -0.357 e. The summed E-state index contributed by atoms with van der Waals surface area (Å²) in [7, 11) is 0. The molecule has 23 heavy (non-hydrogen) atoms. The Balaban J connectivity index is 0.00000264. The Labute approximate surface area is 153 Å². The normalized spacial score (nSPS) is 11.0. The fraction of sp³-hybridized carbons (Fsp3) is 0.375. The second-order valence-electron chi connectivity index (χ2n) is 4.84. The lowest BCUT2D eigenvalue weighted by Crippen LogP contribution is -2.38. The molecule has 0 aliphatic rings. The maximum absolute atomic E-state index is 13.6. The van der Waals surface area contributed by atoms with Gasteiger partial charge in [-0.15, -0.1) is 24.0 Å². The topological polar surface area (TPSA) is 54.2 Å². The van der Waals surface area contributed by atoms with Crippen molar-refractivity contribution in [2.45, 2.75) is 26.4 Å². The number of halogens is 2. The fourth-order valence-electron chi connectivity index (χ4n) is 2.01. The number of benzene rings is 1. The molecule has 0 spiro atoms. The summed E-state index contributed by atoms with van der Waals surface area (Å²) in [5.74, 6) is 0.479. The van der Waals surface area contributed by atoms with Gasteiger partial charge in [0.1, 0.15) is 5.82 Å². The Morgan fingerprint density at radius 2 is 2.09 bits per heavy atom. The molecular weight excluding hydrogens is 408 g/mol. The van der Waals surface area contributed by atoms with Crippen molar-refractivity contribution >= 4 is 29.9 Å². The number of aromatic nitrogens is 2. The van der Waals surface area contributed by atoms with E-state index in [2.05, 4.69) is 20.7 Å². The Kier molecular flexibility index (Phi) is 9.27. The highest BCUT2D eigenvalue weighted by atomic mass is 127. The van der Waals surface area contributed by atoms with E-state index in [0.29, 0.717) is 18.1 Å². The summed E-state index contributed by atoms with van der Waals surface area (Å²) in [6, 6.07) is 8.61. The van der Waals surface area contributed by atoms with Crippen LogP contribution < -0.4 is 10.6 Å². The number of hydrogen-bond acceptors (Lipinski definition) is 2. The molecule has 1 heterocycles. The molecule has 0 bridgehead atoms. The van der Waals surface area contributed by atoms with Crippen LogP contribution in [0.2, 0.25) is 0 Å². The molecule has 0 saturated carbocycles. The average molecular weight is 431 g/mol. The lowest BCUT2D eigenvalue weighted by Gasteiger charge is -2.11. The number of rotatable bonds is 7. The van der Waals surface area contributed by atoms with Gasteiger partial charge in [-0.25, -0.2) is 9.38 Å². The third-order valence-corrected chi connectivity index (χ3v) is 3.13. The first-order valence-electron chi connectivity index (χ1n) is 7.52. The maximum Gasteiger partial charge on any atom is 0.191 e. The highest BCUT2D eigenvalue weighted by molar-refractivity contribution is 14.0. The zero-order valence-corrected chi connectivity index (χ0v) is 15.5. The van der Waals surface area contributed by atoms with Gasteiger partial charge >= 0.3 is 0 Å². The van der Waals surface area contributed by atoms with E-state index in [4.69, 9.17) is 0 Å². The van der Waals surface area contributed by atoms with Gasteiger partial charge in [0.15, 0.2) is 5.96 Å². The van der Waals surface area contributed by atoms with Gasteiger partial charge in [0, 0.05) is 37.6 Å². The van der Waals surface area contributed by atoms with Crippen molar-refractivity contribution in [2.24, 2.45) is 4.99 Å². The van der Waals surface area contributed by atoms with Crippen LogP contribution in [-0.4, -0.2) is 28.8 Å². The van der Waals surface area contributed by atoms with Gasteiger partial charge in [-0.2, -0.15) is 5.10 Å². The number of aryl methyl sites for hydroxylation is 1. The van der Waals surface area contributed by atoms with Crippen molar-refractivity contribution in [1.29, 1.82) is 0 Å². The summed E-state index contributed by atoms with van der Waals surface area (Å²) in [4.78, 5) is 4.41. The lowest BCUT2D eigenvalue weighted by molar-refractivity contribution is 0.570. The number of nitrogens with one attached hydrogen (secondary N) is 2. The fourth-order valence-corrected chi connectivity index (χ4v) is 2.01. The first-order valence-corrected chi connectivity index (χ1v) is 7.52. The van der Waals surface area contributed by atoms with Crippen molar-refractivity contribution in [1.82, 2.24) is 20.4 Å². The largest absolute Gasteiger partial charge is 0.357 e. The lowest BCUT2D eigenvalue weighted by atomic mass is 10.2. The van der Waals surface area contributed by atoms with Crippen LogP contribution >= 0.6 is 24.0 Å². The summed E-state index contributed by atoms with van der Waals surface area (Å²) >= 11 is 0. The van der Waals surface area contributed by atoms with E-state index in [-0.39, 0.29) is 29.8 Å². The molecule has 0 aliphatic carbocycles. The molecule has 126 valence electrons. The summed E-state index contributed by atoms with van der Waals surface area (Å²) in [5, 5.41) is 10.6. The second kappa shape index (κ2) is 11.0. The molecule has 0 fully saturated rings. The van der Waals surface area contributed by atoms with E-state index in [1.807, 2.05) is 29.9 Å². The molecule has 7 heteroatoms. The molecular formula is C16H23FIN5. The van der Waals surface area contributed by atoms with E-state index in [1.165, 1.54) is 6.07 Å². The minimum atomic E-state index is -0.221. The van der Waals surface area contributed by atoms with Gasteiger partial charge in [0.05, 0.1) is 6.54 Å². The predicted molar refractivity (Wildman–Crippen MR) is 101 cm³/mol. The molecule has 0 atom stereocenters.